The fraction of sp³-hybridized carbons (Fsp3) is 0.500. The zero-order chi connectivity index (χ0) is 14.3. The van der Waals surface area contributed by atoms with E-state index < -0.39 is 10.7 Å². The van der Waals surface area contributed by atoms with Gasteiger partial charge in [-0.25, -0.2) is 4.39 Å². The van der Waals surface area contributed by atoms with Gasteiger partial charge in [-0.3, -0.25) is 10.1 Å². The lowest BCUT2D eigenvalue weighted by Gasteiger charge is -2.08. The van der Waals surface area contributed by atoms with Crippen molar-refractivity contribution >= 4 is 34.7 Å². The Morgan fingerprint density at radius 3 is 2.79 bits per heavy atom. The zero-order valence-electron chi connectivity index (χ0n) is 10.6. The van der Waals surface area contributed by atoms with Gasteiger partial charge in [0.05, 0.1) is 16.0 Å². The van der Waals surface area contributed by atoms with E-state index in [0.29, 0.717) is 6.54 Å². The first kappa shape index (κ1) is 16.0. The number of hydrogen-bond donors (Lipinski definition) is 1. The number of nitro benzene ring substituents is 1. The summed E-state index contributed by atoms with van der Waals surface area (Å²) in [5.41, 5.74) is -0.0210. The Hall–Kier alpha value is -1.01. The molecule has 0 atom stereocenters. The molecule has 0 unspecified atom stereocenters. The molecule has 0 aliphatic rings. The molecule has 0 radical (unpaired) electrons. The van der Waals surface area contributed by atoms with Gasteiger partial charge in [-0.15, -0.1) is 0 Å². The van der Waals surface area contributed by atoms with E-state index in [9.17, 15) is 14.5 Å². The van der Waals surface area contributed by atoms with Crippen LogP contribution in [0.4, 0.5) is 15.8 Å². The maximum atomic E-state index is 13.2. The summed E-state index contributed by atoms with van der Waals surface area (Å²) in [6, 6.07) is 2.11. The van der Waals surface area contributed by atoms with Crippen molar-refractivity contribution in [2.45, 2.75) is 19.3 Å². The molecule has 0 aliphatic carbocycles. The highest BCUT2D eigenvalue weighted by Gasteiger charge is 2.17. The third-order valence-corrected chi connectivity index (χ3v) is 3.56. The van der Waals surface area contributed by atoms with Crippen molar-refractivity contribution in [1.82, 2.24) is 0 Å². The second-order valence-corrected chi connectivity index (χ2v) is 5.41. The largest absolute Gasteiger partial charge is 0.379 e. The fourth-order valence-corrected chi connectivity index (χ4v) is 2.26. The van der Waals surface area contributed by atoms with Gasteiger partial charge in [0.25, 0.3) is 5.69 Å². The minimum atomic E-state index is -0.779. The van der Waals surface area contributed by atoms with Gasteiger partial charge in [0.2, 0.25) is 0 Å². The summed E-state index contributed by atoms with van der Waals surface area (Å²) in [6.45, 7) is 0.608. The Kier molecular flexibility index (Phi) is 6.94. The second kappa shape index (κ2) is 8.22. The molecule has 0 spiro atoms. The molecule has 7 heteroatoms. The van der Waals surface area contributed by atoms with E-state index >= 15 is 0 Å². The lowest BCUT2D eigenvalue weighted by molar-refractivity contribution is -0.384. The van der Waals surface area contributed by atoms with Crippen LogP contribution in [0.1, 0.15) is 19.3 Å². The van der Waals surface area contributed by atoms with Gasteiger partial charge >= 0.3 is 0 Å². The van der Waals surface area contributed by atoms with Crippen LogP contribution in [0, 0.1) is 15.9 Å². The van der Waals surface area contributed by atoms with Crippen LogP contribution in [0.2, 0.25) is 5.02 Å². The molecule has 106 valence electrons. The maximum absolute atomic E-state index is 13.2. The number of hydrogen-bond acceptors (Lipinski definition) is 4. The first-order chi connectivity index (χ1) is 9.06. The van der Waals surface area contributed by atoms with Crippen LogP contribution in [0.3, 0.4) is 0 Å². The SMILES string of the molecule is CSCCCCCNc1cc(Cl)c(F)cc1[N+](=O)[O-]. The molecule has 1 aromatic carbocycles. The fourth-order valence-electron chi connectivity index (χ4n) is 1.60. The van der Waals surface area contributed by atoms with Crippen molar-refractivity contribution in [1.29, 1.82) is 0 Å². The van der Waals surface area contributed by atoms with Crippen LogP contribution in [0.25, 0.3) is 0 Å². The minimum Gasteiger partial charge on any atom is -0.379 e. The molecular formula is C12H16ClFN2O2S. The van der Waals surface area contributed by atoms with E-state index in [1.165, 1.54) is 6.07 Å². The van der Waals surface area contributed by atoms with E-state index in [1.54, 1.807) is 11.8 Å². The molecule has 1 N–H and O–H groups in total. The number of halogens is 2. The van der Waals surface area contributed by atoms with Crippen LogP contribution in [0.5, 0.6) is 0 Å². The number of thioether (sulfide) groups is 1. The van der Waals surface area contributed by atoms with Gasteiger partial charge in [-0.1, -0.05) is 18.0 Å². The summed E-state index contributed by atoms with van der Waals surface area (Å²) in [6.07, 6.45) is 5.14. The molecule has 0 saturated heterocycles. The predicted octanol–water partition coefficient (Wildman–Crippen LogP) is 4.33. The van der Waals surface area contributed by atoms with Crippen molar-refractivity contribution in [2.24, 2.45) is 0 Å². The molecule has 0 bridgehead atoms. The summed E-state index contributed by atoms with van der Waals surface area (Å²) in [5, 5.41) is 13.6. The third-order valence-electron chi connectivity index (χ3n) is 2.58. The van der Waals surface area contributed by atoms with Crippen molar-refractivity contribution < 1.29 is 9.31 Å². The molecular weight excluding hydrogens is 291 g/mol. The summed E-state index contributed by atoms with van der Waals surface area (Å²) >= 11 is 7.43. The molecule has 0 aliphatic heterocycles. The van der Waals surface area contributed by atoms with Gasteiger partial charge in [0, 0.05) is 6.54 Å². The zero-order valence-corrected chi connectivity index (χ0v) is 12.2. The first-order valence-corrected chi connectivity index (χ1v) is 7.69. The lowest BCUT2D eigenvalue weighted by atomic mass is 10.2. The highest BCUT2D eigenvalue weighted by atomic mass is 35.5. The quantitative estimate of drug-likeness (QED) is 0.441. The maximum Gasteiger partial charge on any atom is 0.295 e. The molecule has 4 nitrogen and oxygen atoms in total. The van der Waals surface area contributed by atoms with Crippen LogP contribution >= 0.6 is 23.4 Å². The molecule has 0 fully saturated rings. The Bertz CT molecular complexity index is 446. The molecule has 1 rings (SSSR count). The van der Waals surface area contributed by atoms with Crippen LogP contribution < -0.4 is 5.32 Å². The van der Waals surface area contributed by atoms with E-state index in [2.05, 4.69) is 11.6 Å². The molecule has 0 aromatic heterocycles. The molecule has 0 heterocycles. The smallest absolute Gasteiger partial charge is 0.295 e. The average molecular weight is 307 g/mol. The molecule has 0 saturated carbocycles. The van der Waals surface area contributed by atoms with E-state index in [1.807, 2.05) is 0 Å². The molecule has 1 aromatic rings. The van der Waals surface area contributed by atoms with Crippen LogP contribution in [-0.4, -0.2) is 23.5 Å². The van der Waals surface area contributed by atoms with Crippen molar-refractivity contribution in [2.75, 3.05) is 23.9 Å². The summed E-state index contributed by atoms with van der Waals surface area (Å²) in [7, 11) is 0. The van der Waals surface area contributed by atoms with Crippen LogP contribution in [0.15, 0.2) is 12.1 Å². The van der Waals surface area contributed by atoms with Crippen molar-refractivity contribution in [3.63, 3.8) is 0 Å². The van der Waals surface area contributed by atoms with E-state index in [4.69, 9.17) is 11.6 Å². The number of anilines is 1. The first-order valence-electron chi connectivity index (χ1n) is 5.92. The van der Waals surface area contributed by atoms with Gasteiger partial charge < -0.3 is 5.32 Å². The Morgan fingerprint density at radius 2 is 2.16 bits per heavy atom. The third kappa shape index (κ3) is 5.24. The Balaban J connectivity index is 2.57. The van der Waals surface area contributed by atoms with Crippen molar-refractivity contribution in [3.05, 3.63) is 33.1 Å². The van der Waals surface area contributed by atoms with Gasteiger partial charge in [0.1, 0.15) is 11.5 Å². The summed E-state index contributed by atoms with van der Waals surface area (Å²) in [5.74, 6) is 0.335. The van der Waals surface area contributed by atoms with E-state index in [-0.39, 0.29) is 16.4 Å². The number of nitrogens with one attached hydrogen (secondary N) is 1. The topological polar surface area (TPSA) is 55.2 Å². The van der Waals surface area contributed by atoms with Gasteiger partial charge in [0.15, 0.2) is 0 Å². The Morgan fingerprint density at radius 1 is 1.42 bits per heavy atom. The number of nitro groups is 1. The normalized spacial score (nSPS) is 10.5. The number of unbranched alkanes of at least 4 members (excludes halogenated alkanes) is 2. The summed E-state index contributed by atoms with van der Waals surface area (Å²) < 4.78 is 13.2. The number of nitrogens with zero attached hydrogens (tertiary/aromatic N) is 1. The standard InChI is InChI=1S/C12H16ClFN2O2S/c1-19-6-4-2-3-5-15-11-7-9(13)10(14)8-12(11)16(17)18/h7-8,15H,2-6H2,1H3. The van der Waals surface area contributed by atoms with Gasteiger partial charge in [-0.2, -0.15) is 11.8 Å². The molecule has 19 heavy (non-hydrogen) atoms. The van der Waals surface area contributed by atoms with E-state index in [0.717, 1.165) is 31.1 Å². The highest BCUT2D eigenvalue weighted by molar-refractivity contribution is 7.98. The lowest BCUT2D eigenvalue weighted by Crippen LogP contribution is -2.05. The number of benzene rings is 1. The average Bonchev–Trinajstić information content (AvgIpc) is 2.37. The Labute approximate surface area is 120 Å². The minimum absolute atomic E-state index is 0.115. The predicted molar refractivity (Wildman–Crippen MR) is 78.8 cm³/mol. The number of rotatable bonds is 8. The van der Waals surface area contributed by atoms with Gasteiger partial charge in [-0.05, 0) is 30.9 Å². The monoisotopic (exact) mass is 306 g/mol. The van der Waals surface area contributed by atoms with Crippen molar-refractivity contribution in [3.8, 4) is 0 Å². The highest BCUT2D eigenvalue weighted by Crippen LogP contribution is 2.30. The van der Waals surface area contributed by atoms with Crippen LogP contribution in [-0.2, 0) is 0 Å². The molecule has 0 amide bonds. The second-order valence-electron chi connectivity index (χ2n) is 4.02. The summed E-state index contributed by atoms with van der Waals surface area (Å²) in [4.78, 5) is 10.2.